The zero-order valence-electron chi connectivity index (χ0n) is 19.4. The number of benzene rings is 2. The number of carbonyl (C=O) groups excluding carboxylic acids is 1. The van der Waals surface area contributed by atoms with Gasteiger partial charge in [-0.25, -0.2) is 0 Å². The summed E-state index contributed by atoms with van der Waals surface area (Å²) in [5.41, 5.74) is 2.57. The lowest BCUT2D eigenvalue weighted by Gasteiger charge is -2.62. The summed E-state index contributed by atoms with van der Waals surface area (Å²) in [5.74, 6) is 2.71. The summed E-state index contributed by atoms with van der Waals surface area (Å²) < 4.78 is 5.40. The van der Waals surface area contributed by atoms with Crippen LogP contribution in [0.2, 0.25) is 5.02 Å². The first-order valence-electron chi connectivity index (χ1n) is 12.4. The maximum atomic E-state index is 14.1. The average Bonchev–Trinajstić information content (AvgIpc) is 2.83. The number of carbonyl (C=O) groups is 1. The molecule has 4 aliphatic carbocycles. The van der Waals surface area contributed by atoms with E-state index in [2.05, 4.69) is 40.1 Å². The van der Waals surface area contributed by atoms with Crippen molar-refractivity contribution < 1.29 is 9.53 Å². The number of hydrogen-bond acceptors (Lipinski definition) is 3. The van der Waals surface area contributed by atoms with Crippen LogP contribution in [0.1, 0.15) is 44.1 Å². The number of nitrogens with zero attached hydrogens (tertiary/aromatic N) is 2. The van der Waals surface area contributed by atoms with E-state index in [9.17, 15) is 4.79 Å². The molecule has 2 atom stereocenters. The van der Waals surface area contributed by atoms with Gasteiger partial charge in [-0.05, 0) is 91.7 Å². The molecule has 33 heavy (non-hydrogen) atoms. The molecular weight excluding hydrogens is 432 g/mol. The van der Waals surface area contributed by atoms with Crippen LogP contribution in [0.5, 0.6) is 5.75 Å². The lowest BCUT2D eigenvalue weighted by molar-refractivity contribution is -0.160. The predicted molar refractivity (Wildman–Crippen MR) is 132 cm³/mol. The molecule has 2 aromatic rings. The molecule has 1 heterocycles. The van der Waals surface area contributed by atoms with Gasteiger partial charge < -0.3 is 14.5 Å². The van der Waals surface area contributed by atoms with Crippen molar-refractivity contribution in [2.24, 2.45) is 17.3 Å². The summed E-state index contributed by atoms with van der Waals surface area (Å²) in [7, 11) is 1.72. The summed E-state index contributed by atoms with van der Waals surface area (Å²) in [6.45, 7) is 3.35. The van der Waals surface area contributed by atoms with Gasteiger partial charge in [0, 0.05) is 36.9 Å². The van der Waals surface area contributed by atoms with Gasteiger partial charge in [-0.1, -0.05) is 29.8 Å². The first kappa shape index (κ1) is 21.3. The Morgan fingerprint density at radius 1 is 0.970 bits per heavy atom. The van der Waals surface area contributed by atoms with Crippen LogP contribution >= 0.6 is 11.6 Å². The summed E-state index contributed by atoms with van der Waals surface area (Å²) in [6, 6.07) is 16.8. The van der Waals surface area contributed by atoms with Gasteiger partial charge in [0.15, 0.2) is 0 Å². The third-order valence-electron chi connectivity index (χ3n) is 8.96. The van der Waals surface area contributed by atoms with Crippen molar-refractivity contribution in [3.8, 4) is 5.75 Å². The third-order valence-corrected chi connectivity index (χ3v) is 9.19. The quantitative estimate of drug-likeness (QED) is 0.596. The molecule has 0 spiro atoms. The number of piperazine rings is 1. The molecular formula is C28H33ClN2O2. The predicted octanol–water partition coefficient (Wildman–Crippen LogP) is 5.54. The fraction of sp³-hybridized carbons (Fsp3) is 0.536. The Morgan fingerprint density at radius 2 is 1.67 bits per heavy atom. The van der Waals surface area contributed by atoms with Gasteiger partial charge in [-0.15, -0.1) is 0 Å². The lowest BCUT2D eigenvalue weighted by atomic mass is 9.42. The second-order valence-electron chi connectivity index (χ2n) is 11.0. The molecule has 0 N–H and O–H groups in total. The average molecular weight is 465 g/mol. The molecule has 174 valence electrons. The van der Waals surface area contributed by atoms with E-state index in [-0.39, 0.29) is 10.8 Å². The second-order valence-corrected chi connectivity index (χ2v) is 11.4. The van der Waals surface area contributed by atoms with Crippen LogP contribution in [0.15, 0.2) is 48.5 Å². The van der Waals surface area contributed by atoms with Gasteiger partial charge >= 0.3 is 0 Å². The molecule has 5 heteroatoms. The lowest BCUT2D eigenvalue weighted by Crippen LogP contribution is -2.61. The summed E-state index contributed by atoms with van der Waals surface area (Å²) in [6.07, 6.45) is 7.01. The van der Waals surface area contributed by atoms with Crippen LogP contribution in [0, 0.1) is 17.3 Å². The van der Waals surface area contributed by atoms with Crippen LogP contribution in [-0.4, -0.2) is 44.1 Å². The molecule has 0 radical (unpaired) electrons. The highest BCUT2D eigenvalue weighted by atomic mass is 35.5. The maximum Gasteiger partial charge on any atom is 0.228 e. The molecule has 5 fully saturated rings. The number of anilines is 1. The van der Waals surface area contributed by atoms with Crippen LogP contribution < -0.4 is 9.64 Å². The molecule has 4 saturated carbocycles. The Kier molecular flexibility index (Phi) is 5.13. The van der Waals surface area contributed by atoms with E-state index in [0.29, 0.717) is 17.7 Å². The molecule has 4 nitrogen and oxygen atoms in total. The zero-order valence-corrected chi connectivity index (χ0v) is 20.2. The van der Waals surface area contributed by atoms with E-state index in [1.54, 1.807) is 7.11 Å². The second kappa shape index (κ2) is 7.94. The monoisotopic (exact) mass is 464 g/mol. The Labute approximate surface area is 201 Å². The highest BCUT2D eigenvalue weighted by molar-refractivity contribution is 6.30. The highest BCUT2D eigenvalue weighted by Gasteiger charge is 2.61. The van der Waals surface area contributed by atoms with Crippen molar-refractivity contribution in [2.45, 2.75) is 43.9 Å². The number of ether oxygens (including phenoxy) is 1. The van der Waals surface area contributed by atoms with Gasteiger partial charge in [-0.3, -0.25) is 4.79 Å². The van der Waals surface area contributed by atoms with E-state index in [1.807, 2.05) is 18.2 Å². The maximum absolute atomic E-state index is 14.1. The first-order chi connectivity index (χ1) is 16.0. The van der Waals surface area contributed by atoms with Crippen molar-refractivity contribution in [3.05, 3.63) is 59.1 Å². The number of methoxy groups -OCH3 is 1. The number of rotatable bonds is 4. The standard InChI is InChI=1S/C28H33ClN2O2/c1-33-25-7-5-22(6-8-25)27-15-20-13-21(16-27)18-28(17-20,19-27)26(32)31-11-9-30(10-12-31)24-4-2-3-23(29)14-24/h2-8,14,20-21H,9-13,15-19H2,1H3. The number of hydrogen-bond donors (Lipinski definition) is 0. The summed E-state index contributed by atoms with van der Waals surface area (Å²) in [4.78, 5) is 18.6. The Morgan fingerprint density at radius 3 is 2.30 bits per heavy atom. The van der Waals surface area contributed by atoms with Crippen LogP contribution in [-0.2, 0) is 10.2 Å². The molecule has 0 aromatic heterocycles. The van der Waals surface area contributed by atoms with Crippen molar-refractivity contribution in [1.82, 2.24) is 4.90 Å². The van der Waals surface area contributed by atoms with Gasteiger partial charge in [0.25, 0.3) is 0 Å². The zero-order chi connectivity index (χ0) is 22.6. The van der Waals surface area contributed by atoms with E-state index >= 15 is 0 Å². The minimum absolute atomic E-state index is 0.161. The van der Waals surface area contributed by atoms with Gasteiger partial charge in [-0.2, -0.15) is 0 Å². The van der Waals surface area contributed by atoms with Crippen molar-refractivity contribution >= 4 is 23.2 Å². The van der Waals surface area contributed by atoms with E-state index in [4.69, 9.17) is 16.3 Å². The normalized spacial score (nSPS) is 32.8. The Balaban J connectivity index is 1.21. The largest absolute Gasteiger partial charge is 0.497 e. The molecule has 7 rings (SSSR count). The van der Waals surface area contributed by atoms with Crippen molar-refractivity contribution in [3.63, 3.8) is 0 Å². The molecule has 2 unspecified atom stereocenters. The Bertz CT molecular complexity index is 1030. The number of amides is 1. The van der Waals surface area contributed by atoms with Gasteiger partial charge in [0.1, 0.15) is 5.75 Å². The summed E-state index contributed by atoms with van der Waals surface area (Å²) in [5, 5.41) is 0.767. The minimum Gasteiger partial charge on any atom is -0.497 e. The van der Waals surface area contributed by atoms with Crippen LogP contribution in [0.3, 0.4) is 0 Å². The first-order valence-corrected chi connectivity index (χ1v) is 12.8. The van der Waals surface area contributed by atoms with Crippen LogP contribution in [0.25, 0.3) is 0 Å². The van der Waals surface area contributed by atoms with Gasteiger partial charge in [0.2, 0.25) is 5.91 Å². The van der Waals surface area contributed by atoms with Crippen molar-refractivity contribution in [2.75, 3.05) is 38.2 Å². The molecule has 1 saturated heterocycles. The topological polar surface area (TPSA) is 32.8 Å². The van der Waals surface area contributed by atoms with E-state index < -0.39 is 0 Å². The number of halogens is 1. The van der Waals surface area contributed by atoms with Crippen LogP contribution in [0.4, 0.5) is 5.69 Å². The molecule has 1 amide bonds. The molecule has 5 aliphatic rings. The molecule has 4 bridgehead atoms. The smallest absolute Gasteiger partial charge is 0.228 e. The van der Waals surface area contributed by atoms with E-state index in [0.717, 1.165) is 61.9 Å². The van der Waals surface area contributed by atoms with E-state index in [1.165, 1.54) is 24.8 Å². The Hall–Kier alpha value is -2.20. The fourth-order valence-corrected chi connectivity index (χ4v) is 8.16. The van der Waals surface area contributed by atoms with Gasteiger partial charge in [0.05, 0.1) is 12.5 Å². The molecule has 2 aromatic carbocycles. The SMILES string of the molecule is COc1ccc(C23CC4CC(CC(C(=O)N5CCN(c6cccc(Cl)c6)CC5)(C4)C2)C3)cc1. The minimum atomic E-state index is -0.164. The van der Waals surface area contributed by atoms with Crippen molar-refractivity contribution in [1.29, 1.82) is 0 Å². The third kappa shape index (κ3) is 3.62. The molecule has 1 aliphatic heterocycles. The highest BCUT2D eigenvalue weighted by Crippen LogP contribution is 2.66. The fourth-order valence-electron chi connectivity index (χ4n) is 7.97. The summed E-state index contributed by atoms with van der Waals surface area (Å²) >= 11 is 6.20.